The molecule has 1 aromatic heterocycles. The molecule has 186 valence electrons. The molecule has 1 unspecified atom stereocenters. The van der Waals surface area contributed by atoms with E-state index in [-0.39, 0.29) is 34.7 Å². The van der Waals surface area contributed by atoms with Crippen LogP contribution in [-0.2, 0) is 9.53 Å². The van der Waals surface area contributed by atoms with Crippen molar-refractivity contribution in [2.24, 2.45) is 0 Å². The predicted molar refractivity (Wildman–Crippen MR) is 129 cm³/mol. The molecule has 10 heteroatoms. The highest BCUT2D eigenvalue weighted by Gasteiger charge is 2.21. The molecule has 1 aliphatic heterocycles. The Morgan fingerprint density at radius 1 is 1.20 bits per heavy atom. The van der Waals surface area contributed by atoms with Crippen molar-refractivity contribution in [1.29, 1.82) is 0 Å². The van der Waals surface area contributed by atoms with Crippen molar-refractivity contribution < 1.29 is 28.5 Å². The number of aromatic hydroxyl groups is 1. The van der Waals surface area contributed by atoms with E-state index in [1.807, 2.05) is 0 Å². The molecule has 4 rings (SSSR count). The summed E-state index contributed by atoms with van der Waals surface area (Å²) in [6.07, 6.45) is 4.55. The number of piperidine rings is 1. The maximum Gasteiger partial charge on any atom is 0.303 e. The van der Waals surface area contributed by atoms with E-state index in [0.29, 0.717) is 28.9 Å². The molecule has 1 N–H and O–H groups in total. The number of likely N-dealkylation sites (tertiary alicyclic amines) is 1. The van der Waals surface area contributed by atoms with E-state index in [1.54, 1.807) is 12.1 Å². The summed E-state index contributed by atoms with van der Waals surface area (Å²) in [6.45, 7) is 4.03. The summed E-state index contributed by atoms with van der Waals surface area (Å²) >= 11 is 5.78. The zero-order chi connectivity index (χ0) is 24.9. The summed E-state index contributed by atoms with van der Waals surface area (Å²) in [4.78, 5) is 22.6. The maximum absolute atomic E-state index is 14.5. The molecule has 0 bridgehead atoms. The molecule has 0 aliphatic carbocycles. The van der Waals surface area contributed by atoms with Gasteiger partial charge in [-0.1, -0.05) is 18.0 Å². The molecule has 0 amide bonds. The summed E-state index contributed by atoms with van der Waals surface area (Å²) in [6, 6.07) is 5.58. The molecular formula is C25H27ClFN3O5. The summed E-state index contributed by atoms with van der Waals surface area (Å²) in [7, 11) is 1.52. The highest BCUT2D eigenvalue weighted by atomic mass is 35.5. The molecule has 2 heterocycles. The Kier molecular flexibility index (Phi) is 7.87. The van der Waals surface area contributed by atoms with E-state index in [4.69, 9.17) is 25.8 Å². The van der Waals surface area contributed by atoms with Crippen LogP contribution >= 0.6 is 11.6 Å². The lowest BCUT2D eigenvalue weighted by Gasteiger charge is -2.30. The van der Waals surface area contributed by atoms with Crippen LogP contribution in [0, 0.1) is 5.82 Å². The van der Waals surface area contributed by atoms with Crippen molar-refractivity contribution in [1.82, 2.24) is 14.9 Å². The number of carbonyl (C=O) groups is 1. The molecule has 0 saturated carbocycles. The minimum absolute atomic E-state index is 0.0172. The Bertz CT molecular complexity index is 1220. The average molecular weight is 504 g/mol. The minimum Gasteiger partial charge on any atom is -0.506 e. The van der Waals surface area contributed by atoms with Gasteiger partial charge in [-0.15, -0.1) is 0 Å². The maximum atomic E-state index is 14.5. The topological polar surface area (TPSA) is 94.0 Å². The third-order valence-corrected chi connectivity index (χ3v) is 6.11. The molecular weight excluding hydrogens is 477 g/mol. The van der Waals surface area contributed by atoms with Crippen LogP contribution in [-0.4, -0.2) is 65.4 Å². The van der Waals surface area contributed by atoms with E-state index in [2.05, 4.69) is 14.9 Å². The summed E-state index contributed by atoms with van der Waals surface area (Å²) < 4.78 is 31.5. The van der Waals surface area contributed by atoms with Crippen molar-refractivity contribution in [3.05, 3.63) is 41.3 Å². The first kappa shape index (κ1) is 24.9. The molecule has 2 aromatic carbocycles. The number of aromatic nitrogens is 2. The second-order valence-electron chi connectivity index (χ2n) is 8.44. The Labute approximate surface area is 207 Å². The number of carbonyl (C=O) groups excluding carboxylic acids is 1. The number of benzene rings is 2. The molecule has 1 aliphatic rings. The van der Waals surface area contributed by atoms with Crippen LogP contribution in [0.2, 0.25) is 5.02 Å². The fourth-order valence-corrected chi connectivity index (χ4v) is 4.27. The predicted octanol–water partition coefficient (Wildman–Crippen LogP) is 4.60. The first-order valence-electron chi connectivity index (χ1n) is 11.4. The van der Waals surface area contributed by atoms with Crippen molar-refractivity contribution in [3.63, 3.8) is 0 Å². The first-order chi connectivity index (χ1) is 16.8. The van der Waals surface area contributed by atoms with Gasteiger partial charge in [-0.3, -0.25) is 9.69 Å². The highest BCUT2D eigenvalue weighted by Crippen LogP contribution is 2.34. The summed E-state index contributed by atoms with van der Waals surface area (Å²) in [5, 5.41) is 10.4. The number of rotatable bonds is 8. The highest BCUT2D eigenvalue weighted by molar-refractivity contribution is 6.32. The number of hydrogen-bond donors (Lipinski definition) is 1. The molecule has 0 spiro atoms. The number of fused-ring (bicyclic) bond motifs is 1. The van der Waals surface area contributed by atoms with E-state index in [9.17, 15) is 14.3 Å². The van der Waals surface area contributed by atoms with Crippen LogP contribution in [0.15, 0.2) is 30.5 Å². The quantitative estimate of drug-likeness (QED) is 0.446. The monoisotopic (exact) mass is 503 g/mol. The van der Waals surface area contributed by atoms with Crippen molar-refractivity contribution in [3.8, 4) is 28.6 Å². The average Bonchev–Trinajstić information content (AvgIpc) is 2.84. The van der Waals surface area contributed by atoms with E-state index >= 15 is 0 Å². The van der Waals surface area contributed by atoms with Crippen molar-refractivity contribution in [2.45, 2.75) is 32.3 Å². The lowest BCUT2D eigenvalue weighted by atomic mass is 10.1. The number of methoxy groups -OCH3 is 1. The second kappa shape index (κ2) is 11.0. The van der Waals surface area contributed by atoms with Crippen LogP contribution in [0.5, 0.6) is 17.2 Å². The normalized spacial score (nSPS) is 15.1. The zero-order valence-electron chi connectivity index (χ0n) is 19.6. The van der Waals surface area contributed by atoms with Gasteiger partial charge in [0.25, 0.3) is 0 Å². The van der Waals surface area contributed by atoms with Crippen LogP contribution in [0.1, 0.15) is 26.2 Å². The number of phenols is 1. The van der Waals surface area contributed by atoms with Gasteiger partial charge in [0.1, 0.15) is 24.3 Å². The lowest BCUT2D eigenvalue weighted by molar-refractivity contribution is -0.149. The van der Waals surface area contributed by atoms with Crippen molar-refractivity contribution >= 4 is 28.5 Å². The van der Waals surface area contributed by atoms with Gasteiger partial charge in [-0.05, 0) is 44.1 Å². The van der Waals surface area contributed by atoms with E-state index in [1.165, 1.54) is 32.7 Å². The van der Waals surface area contributed by atoms with E-state index < -0.39 is 11.9 Å². The minimum atomic E-state index is -0.654. The number of ether oxygens (including phenoxy) is 3. The van der Waals surface area contributed by atoms with Gasteiger partial charge in [0.2, 0.25) is 0 Å². The largest absolute Gasteiger partial charge is 0.506 e. The van der Waals surface area contributed by atoms with Crippen LogP contribution in [0.4, 0.5) is 4.39 Å². The lowest BCUT2D eigenvalue weighted by Crippen LogP contribution is -2.40. The molecule has 1 saturated heterocycles. The fraction of sp³-hybridized carbons (Fsp3) is 0.400. The van der Waals surface area contributed by atoms with Gasteiger partial charge < -0.3 is 19.3 Å². The third kappa shape index (κ3) is 6.10. The van der Waals surface area contributed by atoms with Gasteiger partial charge in [0.15, 0.2) is 17.3 Å². The number of phenolic OH excluding ortho intramolecular Hbond substituents is 1. The Balaban J connectivity index is 1.59. The first-order valence-corrected chi connectivity index (χ1v) is 11.8. The number of esters is 1. The Hall–Kier alpha value is -3.17. The van der Waals surface area contributed by atoms with Crippen LogP contribution in [0.3, 0.4) is 0 Å². The number of hydrogen-bond acceptors (Lipinski definition) is 8. The molecule has 8 nitrogen and oxygen atoms in total. The van der Waals surface area contributed by atoms with E-state index in [0.717, 1.165) is 32.0 Å². The Morgan fingerprint density at radius 2 is 1.97 bits per heavy atom. The smallest absolute Gasteiger partial charge is 0.303 e. The molecule has 1 atom stereocenters. The summed E-state index contributed by atoms with van der Waals surface area (Å²) in [5.74, 6) is -0.342. The van der Waals surface area contributed by atoms with Crippen molar-refractivity contribution in [2.75, 3.05) is 33.4 Å². The Morgan fingerprint density at radius 3 is 2.69 bits per heavy atom. The number of halogens is 2. The van der Waals surface area contributed by atoms with Gasteiger partial charge in [0.05, 0.1) is 23.2 Å². The third-order valence-electron chi connectivity index (χ3n) is 5.81. The second-order valence-corrected chi connectivity index (χ2v) is 8.85. The standard InChI is InChI=1S/C25H27ClFN3O5/c1-15(31)35-17(13-30-6-4-3-5-7-30)14-34-24-11-21-16(8-23(24)33-2)12-28-25(29-21)18-9-22(32)19(26)10-20(18)27/h8-12,17,32H,3-7,13-14H2,1-2H3. The van der Waals surface area contributed by atoms with Gasteiger partial charge in [0, 0.05) is 31.1 Å². The molecule has 3 aromatic rings. The van der Waals surface area contributed by atoms with Gasteiger partial charge in [-0.25, -0.2) is 14.4 Å². The van der Waals surface area contributed by atoms with Crippen LogP contribution < -0.4 is 9.47 Å². The van der Waals surface area contributed by atoms with Gasteiger partial charge in [-0.2, -0.15) is 0 Å². The van der Waals surface area contributed by atoms with Crippen LogP contribution in [0.25, 0.3) is 22.3 Å². The number of nitrogens with zero attached hydrogens (tertiary/aromatic N) is 3. The van der Waals surface area contributed by atoms with Gasteiger partial charge >= 0.3 is 5.97 Å². The molecule has 35 heavy (non-hydrogen) atoms. The molecule has 0 radical (unpaired) electrons. The summed E-state index contributed by atoms with van der Waals surface area (Å²) in [5.41, 5.74) is 0.503. The SMILES string of the molecule is COc1cc2cnc(-c3cc(O)c(Cl)cc3F)nc2cc1OCC(CN1CCCCC1)OC(C)=O. The molecule has 1 fully saturated rings. The zero-order valence-corrected chi connectivity index (χ0v) is 20.3. The fourth-order valence-electron chi connectivity index (χ4n) is 4.12.